The van der Waals surface area contributed by atoms with E-state index in [-0.39, 0.29) is 24.3 Å². The number of likely N-dealkylation sites (tertiary alicyclic amines) is 1. The lowest BCUT2D eigenvalue weighted by Crippen LogP contribution is -2.42. The number of hydrogen-bond donors (Lipinski definition) is 3. The molecule has 3 N–H and O–H groups in total. The Balaban J connectivity index is 1.95. The molecule has 2 rings (SSSR count). The molecule has 26 heavy (non-hydrogen) atoms. The Bertz CT molecular complexity index is 664. The number of amides is 3. The van der Waals surface area contributed by atoms with Crippen molar-refractivity contribution in [3.63, 3.8) is 0 Å². The van der Waals surface area contributed by atoms with Crippen LogP contribution in [0.1, 0.15) is 26.2 Å². The molecule has 1 fully saturated rings. The van der Waals surface area contributed by atoms with Gasteiger partial charge in [-0.05, 0) is 43.9 Å². The van der Waals surface area contributed by atoms with Gasteiger partial charge < -0.3 is 25.4 Å². The highest BCUT2D eigenvalue weighted by Crippen LogP contribution is 2.21. The summed E-state index contributed by atoms with van der Waals surface area (Å²) in [7, 11) is 1.46. The van der Waals surface area contributed by atoms with Crippen LogP contribution in [0.5, 0.6) is 0 Å². The summed E-state index contributed by atoms with van der Waals surface area (Å²) in [4.78, 5) is 36.8. The van der Waals surface area contributed by atoms with Crippen LogP contribution >= 0.6 is 0 Å². The molecular weight excluding hydrogens is 338 g/mol. The minimum atomic E-state index is -0.842. The number of carboxylic acid groups (broad SMARTS) is 1. The number of anilines is 2. The molecule has 0 saturated carbocycles. The van der Waals surface area contributed by atoms with Crippen molar-refractivity contribution in [2.75, 3.05) is 30.8 Å². The number of carbonyl (C=O) groups is 3. The predicted octanol–water partition coefficient (Wildman–Crippen LogP) is 2.38. The summed E-state index contributed by atoms with van der Waals surface area (Å²) < 4.78 is 4.97. The molecule has 1 aliphatic rings. The molecule has 8 heteroatoms. The molecule has 1 heterocycles. The average Bonchev–Trinajstić information content (AvgIpc) is 2.61. The molecule has 0 aromatic heterocycles. The van der Waals surface area contributed by atoms with Crippen molar-refractivity contribution < 1.29 is 24.2 Å². The largest absolute Gasteiger partial charge is 0.481 e. The second-order valence-electron chi connectivity index (χ2n) is 6.43. The van der Waals surface area contributed by atoms with Crippen molar-refractivity contribution in [3.05, 3.63) is 24.3 Å². The summed E-state index contributed by atoms with van der Waals surface area (Å²) in [5.41, 5.74) is 1.11. The van der Waals surface area contributed by atoms with Gasteiger partial charge in [-0.1, -0.05) is 6.07 Å². The number of carbonyl (C=O) groups excluding carboxylic acids is 2. The molecule has 0 spiro atoms. The number of urea groups is 1. The molecule has 3 amide bonds. The molecule has 1 aromatic rings. The zero-order chi connectivity index (χ0) is 19.1. The number of nitrogens with one attached hydrogen (secondary N) is 2. The Morgan fingerprint density at radius 3 is 2.65 bits per heavy atom. The molecule has 2 atom stereocenters. The van der Waals surface area contributed by atoms with E-state index in [1.165, 1.54) is 7.11 Å². The van der Waals surface area contributed by atoms with Crippen molar-refractivity contribution in [1.82, 2.24) is 4.90 Å². The summed E-state index contributed by atoms with van der Waals surface area (Å²) in [6.07, 6.45) is 1.10. The smallest absolute Gasteiger partial charge is 0.321 e. The van der Waals surface area contributed by atoms with Crippen LogP contribution < -0.4 is 10.6 Å². The maximum atomic E-state index is 12.4. The van der Waals surface area contributed by atoms with Crippen molar-refractivity contribution in [2.45, 2.75) is 32.3 Å². The molecule has 8 nitrogen and oxygen atoms in total. The van der Waals surface area contributed by atoms with E-state index >= 15 is 0 Å². The molecular formula is C18H25N3O5. The number of nitrogens with zero attached hydrogens (tertiary/aromatic N) is 1. The van der Waals surface area contributed by atoms with E-state index in [0.29, 0.717) is 24.5 Å². The first-order valence-electron chi connectivity index (χ1n) is 8.60. The SMILES string of the molecule is COC(C)C(=O)Nc1cccc(NC(=O)N2CCCC(CC(=O)O)C2)c1. The van der Waals surface area contributed by atoms with Crippen LogP contribution in [0, 0.1) is 5.92 Å². The second kappa shape index (κ2) is 9.19. The van der Waals surface area contributed by atoms with Crippen LogP contribution in [0.15, 0.2) is 24.3 Å². The number of benzene rings is 1. The van der Waals surface area contributed by atoms with Gasteiger partial charge in [0.2, 0.25) is 0 Å². The average molecular weight is 363 g/mol. The summed E-state index contributed by atoms with van der Waals surface area (Å²) in [5.74, 6) is -1.14. The topological polar surface area (TPSA) is 108 Å². The number of aliphatic carboxylic acids is 1. The third-order valence-electron chi connectivity index (χ3n) is 4.37. The minimum absolute atomic E-state index is 0.0202. The lowest BCUT2D eigenvalue weighted by Gasteiger charge is -2.32. The maximum Gasteiger partial charge on any atom is 0.321 e. The van der Waals surface area contributed by atoms with E-state index in [4.69, 9.17) is 9.84 Å². The Kier molecular flexibility index (Phi) is 6.97. The lowest BCUT2D eigenvalue weighted by atomic mass is 9.95. The van der Waals surface area contributed by atoms with Gasteiger partial charge in [0.15, 0.2) is 0 Å². The number of rotatable bonds is 6. The molecule has 0 bridgehead atoms. The fourth-order valence-corrected chi connectivity index (χ4v) is 2.89. The fourth-order valence-electron chi connectivity index (χ4n) is 2.89. The number of methoxy groups -OCH3 is 1. The number of carboxylic acids is 1. The Morgan fingerprint density at radius 1 is 1.31 bits per heavy atom. The molecule has 0 aliphatic carbocycles. The second-order valence-corrected chi connectivity index (χ2v) is 6.43. The predicted molar refractivity (Wildman–Crippen MR) is 97.1 cm³/mol. The van der Waals surface area contributed by atoms with Crippen molar-refractivity contribution in [1.29, 1.82) is 0 Å². The van der Waals surface area contributed by atoms with Crippen molar-refractivity contribution in [2.24, 2.45) is 5.92 Å². The van der Waals surface area contributed by atoms with Gasteiger partial charge in [-0.3, -0.25) is 9.59 Å². The number of hydrogen-bond acceptors (Lipinski definition) is 4. The lowest BCUT2D eigenvalue weighted by molar-refractivity contribution is -0.138. The Hall–Kier alpha value is -2.61. The summed E-state index contributed by atoms with van der Waals surface area (Å²) >= 11 is 0. The quantitative estimate of drug-likeness (QED) is 0.719. The van der Waals surface area contributed by atoms with Crippen molar-refractivity contribution >= 4 is 29.3 Å². The van der Waals surface area contributed by atoms with Gasteiger partial charge in [-0.25, -0.2) is 4.79 Å². The van der Waals surface area contributed by atoms with Crippen LogP contribution in [-0.2, 0) is 14.3 Å². The molecule has 1 aliphatic heterocycles. The fraction of sp³-hybridized carbons (Fsp3) is 0.500. The Morgan fingerprint density at radius 2 is 2.00 bits per heavy atom. The highest BCUT2D eigenvalue weighted by molar-refractivity contribution is 5.95. The van der Waals surface area contributed by atoms with Crippen LogP contribution in [0.4, 0.5) is 16.2 Å². The number of piperidine rings is 1. The van der Waals surface area contributed by atoms with Crippen LogP contribution in [0.25, 0.3) is 0 Å². The van der Waals surface area contributed by atoms with Gasteiger partial charge in [-0.15, -0.1) is 0 Å². The highest BCUT2D eigenvalue weighted by atomic mass is 16.5. The van der Waals surface area contributed by atoms with E-state index in [2.05, 4.69) is 10.6 Å². The van der Waals surface area contributed by atoms with Gasteiger partial charge in [-0.2, -0.15) is 0 Å². The van der Waals surface area contributed by atoms with Gasteiger partial charge in [0, 0.05) is 38.0 Å². The molecule has 1 aromatic carbocycles. The van der Waals surface area contributed by atoms with Crippen LogP contribution in [0.3, 0.4) is 0 Å². The monoisotopic (exact) mass is 363 g/mol. The Labute approximate surface area is 152 Å². The third-order valence-corrected chi connectivity index (χ3v) is 4.37. The molecule has 0 radical (unpaired) electrons. The number of ether oxygens (including phenoxy) is 1. The first kappa shape index (κ1) is 19.7. The summed E-state index contributed by atoms with van der Waals surface area (Å²) in [6, 6.07) is 6.57. The van der Waals surface area contributed by atoms with Gasteiger partial charge in [0.05, 0.1) is 0 Å². The van der Waals surface area contributed by atoms with E-state index in [1.807, 2.05) is 0 Å². The maximum absolute atomic E-state index is 12.4. The van der Waals surface area contributed by atoms with Crippen LogP contribution in [-0.4, -0.2) is 54.2 Å². The normalized spacial score (nSPS) is 18.1. The zero-order valence-electron chi connectivity index (χ0n) is 15.0. The van der Waals surface area contributed by atoms with Crippen molar-refractivity contribution in [3.8, 4) is 0 Å². The summed E-state index contributed by atoms with van der Waals surface area (Å²) in [6.45, 7) is 2.68. The standard InChI is InChI=1S/C18H25N3O5/c1-12(26-2)17(24)19-14-6-3-7-15(10-14)20-18(25)21-8-4-5-13(11-21)9-16(22)23/h3,6-7,10,12-13H,4-5,8-9,11H2,1-2H3,(H,19,24)(H,20,25)(H,22,23). The molecule has 142 valence electrons. The van der Waals surface area contributed by atoms with Gasteiger partial charge in [0.25, 0.3) is 5.91 Å². The first-order chi connectivity index (χ1) is 12.4. The molecule has 1 saturated heterocycles. The van der Waals surface area contributed by atoms with E-state index < -0.39 is 12.1 Å². The van der Waals surface area contributed by atoms with Gasteiger partial charge in [0.1, 0.15) is 6.10 Å². The summed E-state index contributed by atoms with van der Waals surface area (Å²) in [5, 5.41) is 14.4. The zero-order valence-corrected chi connectivity index (χ0v) is 15.0. The molecule has 2 unspecified atom stereocenters. The highest BCUT2D eigenvalue weighted by Gasteiger charge is 2.25. The first-order valence-corrected chi connectivity index (χ1v) is 8.60. The van der Waals surface area contributed by atoms with Gasteiger partial charge >= 0.3 is 12.0 Å². The van der Waals surface area contributed by atoms with E-state index in [1.54, 1.807) is 36.1 Å². The van der Waals surface area contributed by atoms with E-state index in [0.717, 1.165) is 12.8 Å². The third kappa shape index (κ3) is 5.73. The minimum Gasteiger partial charge on any atom is -0.481 e. The van der Waals surface area contributed by atoms with Crippen LogP contribution in [0.2, 0.25) is 0 Å². The van der Waals surface area contributed by atoms with E-state index in [9.17, 15) is 14.4 Å².